The van der Waals surface area contributed by atoms with Crippen molar-refractivity contribution in [2.75, 3.05) is 30.8 Å². The quantitative estimate of drug-likeness (QED) is 0.228. The van der Waals surface area contributed by atoms with Gasteiger partial charge in [-0.05, 0) is 18.2 Å². The van der Waals surface area contributed by atoms with Crippen LogP contribution in [0.2, 0.25) is 0 Å². The molecule has 0 amide bonds. The number of nitrogens with one attached hydrogen (secondary N) is 2. The topological polar surface area (TPSA) is 210 Å². The fraction of sp³-hybridized carbons (Fsp3) is 0.250. The Morgan fingerprint density at radius 3 is 2.36 bits per heavy atom. The van der Waals surface area contributed by atoms with Gasteiger partial charge in [-0.3, -0.25) is 4.55 Å². The maximum Gasteiger partial charge on any atom is 1.00 e. The van der Waals surface area contributed by atoms with E-state index in [1.54, 1.807) is 0 Å². The molecule has 0 saturated heterocycles. The molecule has 13 nitrogen and oxygen atoms in total. The van der Waals surface area contributed by atoms with E-state index in [4.69, 9.17) is 10.5 Å². The summed E-state index contributed by atoms with van der Waals surface area (Å²) in [6.45, 7) is 0.583. The van der Waals surface area contributed by atoms with Crippen molar-refractivity contribution in [2.24, 2.45) is 5.73 Å². The van der Waals surface area contributed by atoms with Crippen LogP contribution in [0.5, 0.6) is 6.01 Å². The van der Waals surface area contributed by atoms with E-state index in [0.29, 0.717) is 6.54 Å². The Morgan fingerprint density at radius 1 is 1.18 bits per heavy atom. The molecule has 2 aromatic rings. The molecule has 28 heavy (non-hydrogen) atoms. The zero-order valence-electron chi connectivity index (χ0n) is 14.8. The van der Waals surface area contributed by atoms with Crippen molar-refractivity contribution in [1.82, 2.24) is 15.0 Å². The fourth-order valence-electron chi connectivity index (χ4n) is 1.87. The number of benzene rings is 1. The van der Waals surface area contributed by atoms with E-state index in [0.717, 1.165) is 18.2 Å². The summed E-state index contributed by atoms with van der Waals surface area (Å²) in [6, 6.07) is 2.09. The van der Waals surface area contributed by atoms with Gasteiger partial charge in [-0.15, -0.1) is 0 Å². The van der Waals surface area contributed by atoms with Crippen LogP contribution in [-0.4, -0.2) is 61.1 Å². The molecule has 2 rings (SSSR count). The minimum Gasteiger partial charge on any atom is -0.744 e. The van der Waals surface area contributed by atoms with Gasteiger partial charge in [0.25, 0.3) is 10.1 Å². The molecule has 0 bridgehead atoms. The molecule has 1 aromatic carbocycles. The molecule has 5 N–H and O–H groups in total. The summed E-state index contributed by atoms with van der Waals surface area (Å²) in [4.78, 5) is 10.3. The zero-order valence-corrected chi connectivity index (χ0v) is 18.4. The van der Waals surface area contributed by atoms with Gasteiger partial charge >= 0.3 is 35.6 Å². The van der Waals surface area contributed by atoms with Crippen molar-refractivity contribution < 1.29 is 60.2 Å². The third-order valence-corrected chi connectivity index (χ3v) is 4.73. The molecule has 0 unspecified atom stereocenters. The Balaban J connectivity index is 0.00000392. The number of rotatable bonds is 8. The predicted molar refractivity (Wildman–Crippen MR) is 91.4 cm³/mol. The van der Waals surface area contributed by atoms with Crippen LogP contribution in [0.1, 0.15) is 0 Å². The molecule has 148 valence electrons. The standard InChI is InChI=1S/C12H16N6O7S2.Na/c1-25-12-17-10(14-5-4-13)16-11(18-12)15-8-6-7(26(19,20)21)2-3-9(8)27(22,23)24;/h2-3,6H,4-5,13H2,1H3,(H,19,20,21)(H,22,23,24)(H2,14,15,16,17,18);/q;+1/p-1. The first-order chi connectivity index (χ1) is 12.5. The molecule has 0 aliphatic heterocycles. The fourth-order valence-corrected chi connectivity index (χ4v) is 3.00. The second kappa shape index (κ2) is 9.75. The second-order valence-electron chi connectivity index (χ2n) is 4.90. The summed E-state index contributed by atoms with van der Waals surface area (Å²) in [5, 5.41) is 5.18. The predicted octanol–water partition coefficient (Wildman–Crippen LogP) is -3.85. The van der Waals surface area contributed by atoms with Gasteiger partial charge in [0, 0.05) is 13.1 Å². The number of methoxy groups -OCH3 is 1. The first-order valence-corrected chi connectivity index (χ1v) is 9.98. The van der Waals surface area contributed by atoms with Crippen molar-refractivity contribution in [3.8, 4) is 6.01 Å². The molecule has 0 radical (unpaired) electrons. The molecule has 16 heteroatoms. The Hall–Kier alpha value is -1.59. The summed E-state index contributed by atoms with van der Waals surface area (Å²) in [5.41, 5.74) is 4.93. The zero-order chi connectivity index (χ0) is 20.2. The van der Waals surface area contributed by atoms with E-state index in [2.05, 4.69) is 25.6 Å². The summed E-state index contributed by atoms with van der Waals surface area (Å²) in [6.07, 6.45) is 0. The van der Waals surface area contributed by atoms with Gasteiger partial charge < -0.3 is 25.7 Å². The number of nitrogens with two attached hydrogens (primary N) is 1. The van der Waals surface area contributed by atoms with Gasteiger partial charge in [-0.2, -0.15) is 23.4 Å². The van der Waals surface area contributed by atoms with Crippen LogP contribution in [0.25, 0.3) is 0 Å². The Kier molecular flexibility index (Phi) is 8.51. The third-order valence-electron chi connectivity index (χ3n) is 2.99. The second-order valence-corrected chi connectivity index (χ2v) is 7.67. The van der Waals surface area contributed by atoms with Crippen molar-refractivity contribution in [1.29, 1.82) is 0 Å². The SMILES string of the molecule is COc1nc(NCCN)nc(Nc2cc(S(=O)(=O)[O-])ccc2S(=O)(=O)O)n1.[Na+]. The molecule has 0 atom stereocenters. The van der Waals surface area contributed by atoms with E-state index in [-0.39, 0.29) is 54.0 Å². The molecule has 0 spiro atoms. The molecule has 1 aromatic heterocycles. The third kappa shape index (κ3) is 6.49. The maximum absolute atomic E-state index is 11.5. The number of ether oxygens (including phenoxy) is 1. The number of aromatic nitrogens is 3. The minimum absolute atomic E-state index is 0. The number of anilines is 3. The van der Waals surface area contributed by atoms with Crippen LogP contribution >= 0.6 is 0 Å². The number of hydrogen-bond donors (Lipinski definition) is 4. The normalized spacial score (nSPS) is 11.4. The summed E-state index contributed by atoms with van der Waals surface area (Å²) >= 11 is 0. The van der Waals surface area contributed by atoms with Gasteiger partial charge in [0.1, 0.15) is 15.0 Å². The molecular weight excluding hydrogens is 427 g/mol. The van der Waals surface area contributed by atoms with E-state index < -0.39 is 35.7 Å². The average molecular weight is 442 g/mol. The summed E-state index contributed by atoms with van der Waals surface area (Å²) < 4.78 is 70.8. The van der Waals surface area contributed by atoms with E-state index in [9.17, 15) is 25.9 Å². The average Bonchev–Trinajstić information content (AvgIpc) is 2.58. The van der Waals surface area contributed by atoms with E-state index in [1.807, 2.05) is 0 Å². The van der Waals surface area contributed by atoms with Gasteiger partial charge in [-0.25, -0.2) is 8.42 Å². The van der Waals surface area contributed by atoms with Crippen LogP contribution in [0.4, 0.5) is 17.6 Å². The Labute approximate surface area is 182 Å². The Bertz CT molecular complexity index is 1050. The van der Waals surface area contributed by atoms with Crippen molar-refractivity contribution in [3.05, 3.63) is 18.2 Å². The summed E-state index contributed by atoms with van der Waals surface area (Å²) in [7, 11) is -8.36. The van der Waals surface area contributed by atoms with Crippen molar-refractivity contribution in [3.63, 3.8) is 0 Å². The van der Waals surface area contributed by atoms with Crippen LogP contribution in [0, 0.1) is 0 Å². The van der Waals surface area contributed by atoms with Gasteiger partial charge in [0.05, 0.1) is 17.7 Å². The Morgan fingerprint density at radius 2 is 1.82 bits per heavy atom. The molecule has 0 aliphatic rings. The van der Waals surface area contributed by atoms with Gasteiger partial charge in [0.2, 0.25) is 11.9 Å². The number of hydrogen-bond acceptors (Lipinski definition) is 12. The first kappa shape index (κ1) is 24.4. The van der Waals surface area contributed by atoms with Crippen LogP contribution in [-0.2, 0) is 20.2 Å². The van der Waals surface area contributed by atoms with Crippen LogP contribution in [0.15, 0.2) is 28.0 Å². The van der Waals surface area contributed by atoms with Crippen molar-refractivity contribution >= 4 is 37.8 Å². The molecule has 1 heterocycles. The first-order valence-electron chi connectivity index (χ1n) is 7.13. The van der Waals surface area contributed by atoms with Gasteiger partial charge in [-0.1, -0.05) is 0 Å². The molecule has 0 fully saturated rings. The molecule has 0 aliphatic carbocycles. The smallest absolute Gasteiger partial charge is 0.744 e. The van der Waals surface area contributed by atoms with Gasteiger partial charge in [0.15, 0.2) is 0 Å². The van der Waals surface area contributed by atoms with Crippen LogP contribution < -0.4 is 50.7 Å². The van der Waals surface area contributed by atoms with E-state index >= 15 is 0 Å². The molecular formula is C12H15N6NaO7S2. The van der Waals surface area contributed by atoms with E-state index in [1.165, 1.54) is 7.11 Å². The largest absolute Gasteiger partial charge is 1.00 e. The summed E-state index contributed by atoms with van der Waals surface area (Å²) in [5.74, 6) is -0.206. The maximum atomic E-state index is 11.5. The molecule has 0 saturated carbocycles. The minimum atomic E-state index is -4.88. The number of nitrogens with zero attached hydrogens (tertiary/aromatic N) is 3. The van der Waals surface area contributed by atoms with Crippen molar-refractivity contribution in [2.45, 2.75) is 9.79 Å². The monoisotopic (exact) mass is 442 g/mol. The van der Waals surface area contributed by atoms with Crippen LogP contribution in [0.3, 0.4) is 0 Å².